The first-order chi connectivity index (χ1) is 7.95. The second-order valence-electron chi connectivity index (χ2n) is 4.55. The molecule has 0 aromatic heterocycles. The molecule has 1 fully saturated rings. The maximum Gasteiger partial charge on any atom is 0.0184 e. The van der Waals surface area contributed by atoms with Crippen LogP contribution in [-0.4, -0.2) is 18.8 Å². The Hall–Kier alpha value is -0.470. The molecule has 1 heterocycles. The van der Waals surface area contributed by atoms with Crippen molar-refractivity contribution in [3.05, 3.63) is 35.9 Å². The second kappa shape index (κ2) is 6.97. The molecule has 1 N–H and O–H groups in total. The SMILES string of the molecule is c1ccc(CSCC2CCCNCC2)cc1. The lowest BCUT2D eigenvalue weighted by Crippen LogP contribution is -2.14. The summed E-state index contributed by atoms with van der Waals surface area (Å²) in [7, 11) is 0. The number of rotatable bonds is 4. The van der Waals surface area contributed by atoms with E-state index in [0.717, 1.165) is 5.92 Å². The molecule has 2 heteroatoms. The third kappa shape index (κ3) is 4.18. The van der Waals surface area contributed by atoms with Crippen LogP contribution in [0.2, 0.25) is 0 Å². The number of thioether (sulfide) groups is 1. The van der Waals surface area contributed by atoms with Crippen LogP contribution in [0.4, 0.5) is 0 Å². The first-order valence-electron chi connectivity index (χ1n) is 6.27. The topological polar surface area (TPSA) is 12.0 Å². The fourth-order valence-corrected chi connectivity index (χ4v) is 3.39. The molecule has 0 aliphatic carbocycles. The smallest absolute Gasteiger partial charge is 0.0184 e. The van der Waals surface area contributed by atoms with E-state index in [1.54, 1.807) is 0 Å². The van der Waals surface area contributed by atoms with Crippen LogP contribution in [-0.2, 0) is 5.75 Å². The van der Waals surface area contributed by atoms with E-state index < -0.39 is 0 Å². The van der Waals surface area contributed by atoms with Gasteiger partial charge in [0, 0.05) is 5.75 Å². The van der Waals surface area contributed by atoms with Gasteiger partial charge in [-0.25, -0.2) is 0 Å². The Morgan fingerprint density at radius 2 is 2.00 bits per heavy atom. The average Bonchev–Trinajstić information content (AvgIpc) is 2.59. The summed E-state index contributed by atoms with van der Waals surface area (Å²) in [4.78, 5) is 0. The summed E-state index contributed by atoms with van der Waals surface area (Å²) in [5, 5.41) is 3.48. The number of hydrogen-bond acceptors (Lipinski definition) is 2. The third-order valence-corrected chi connectivity index (χ3v) is 4.40. The Morgan fingerprint density at radius 3 is 2.88 bits per heavy atom. The van der Waals surface area contributed by atoms with Gasteiger partial charge < -0.3 is 5.32 Å². The molecule has 1 aliphatic rings. The van der Waals surface area contributed by atoms with Gasteiger partial charge in [-0.1, -0.05) is 30.3 Å². The molecule has 0 radical (unpaired) electrons. The van der Waals surface area contributed by atoms with E-state index in [1.165, 1.54) is 49.4 Å². The van der Waals surface area contributed by atoms with Crippen LogP contribution in [0.1, 0.15) is 24.8 Å². The molecule has 1 unspecified atom stereocenters. The lowest BCUT2D eigenvalue weighted by molar-refractivity contribution is 0.528. The summed E-state index contributed by atoms with van der Waals surface area (Å²) in [5.74, 6) is 3.44. The van der Waals surface area contributed by atoms with E-state index in [4.69, 9.17) is 0 Å². The van der Waals surface area contributed by atoms with Gasteiger partial charge in [0.1, 0.15) is 0 Å². The minimum Gasteiger partial charge on any atom is -0.317 e. The monoisotopic (exact) mass is 235 g/mol. The van der Waals surface area contributed by atoms with E-state index in [2.05, 4.69) is 47.4 Å². The van der Waals surface area contributed by atoms with Crippen molar-refractivity contribution in [3.63, 3.8) is 0 Å². The van der Waals surface area contributed by atoms with Gasteiger partial charge in [0.05, 0.1) is 0 Å². The highest BCUT2D eigenvalue weighted by Gasteiger charge is 2.11. The van der Waals surface area contributed by atoms with Crippen molar-refractivity contribution >= 4 is 11.8 Å². The number of nitrogens with one attached hydrogen (secondary N) is 1. The fraction of sp³-hybridized carbons (Fsp3) is 0.571. The van der Waals surface area contributed by atoms with Gasteiger partial charge in [-0.3, -0.25) is 0 Å². The van der Waals surface area contributed by atoms with Crippen molar-refractivity contribution in [3.8, 4) is 0 Å². The fourth-order valence-electron chi connectivity index (χ4n) is 2.18. The first kappa shape index (κ1) is 12.0. The van der Waals surface area contributed by atoms with Gasteiger partial charge >= 0.3 is 0 Å². The van der Waals surface area contributed by atoms with Crippen LogP contribution < -0.4 is 5.32 Å². The van der Waals surface area contributed by atoms with Gasteiger partial charge in [-0.15, -0.1) is 0 Å². The highest BCUT2D eigenvalue weighted by Crippen LogP contribution is 2.21. The van der Waals surface area contributed by atoms with E-state index >= 15 is 0 Å². The molecular formula is C14H21NS. The van der Waals surface area contributed by atoms with Gasteiger partial charge in [0.2, 0.25) is 0 Å². The molecule has 1 nitrogen and oxygen atoms in total. The van der Waals surface area contributed by atoms with Crippen LogP contribution >= 0.6 is 11.8 Å². The van der Waals surface area contributed by atoms with E-state index in [0.29, 0.717) is 0 Å². The van der Waals surface area contributed by atoms with Crippen molar-refractivity contribution < 1.29 is 0 Å². The van der Waals surface area contributed by atoms with E-state index in [-0.39, 0.29) is 0 Å². The predicted octanol–water partition coefficient (Wildman–Crippen LogP) is 3.31. The molecule has 16 heavy (non-hydrogen) atoms. The number of hydrogen-bond donors (Lipinski definition) is 1. The molecule has 88 valence electrons. The zero-order valence-electron chi connectivity index (χ0n) is 9.82. The normalized spacial score (nSPS) is 21.6. The van der Waals surface area contributed by atoms with E-state index in [1.807, 2.05) is 0 Å². The molecule has 1 aromatic carbocycles. The summed E-state index contributed by atoms with van der Waals surface area (Å²) >= 11 is 2.09. The Morgan fingerprint density at radius 1 is 1.12 bits per heavy atom. The van der Waals surface area contributed by atoms with Gasteiger partial charge in [-0.05, 0) is 49.6 Å². The van der Waals surface area contributed by atoms with Crippen LogP contribution in [0, 0.1) is 5.92 Å². The lowest BCUT2D eigenvalue weighted by Gasteiger charge is -2.12. The molecule has 0 spiro atoms. The molecule has 2 rings (SSSR count). The minimum absolute atomic E-state index is 0.934. The summed E-state index contributed by atoms with van der Waals surface area (Å²) in [6.45, 7) is 2.44. The molecule has 0 bridgehead atoms. The highest BCUT2D eigenvalue weighted by molar-refractivity contribution is 7.98. The summed E-state index contributed by atoms with van der Waals surface area (Å²) in [6, 6.07) is 10.8. The minimum atomic E-state index is 0.934. The molecule has 0 amide bonds. The third-order valence-electron chi connectivity index (χ3n) is 3.16. The first-order valence-corrected chi connectivity index (χ1v) is 7.43. The van der Waals surface area contributed by atoms with Gasteiger partial charge in [-0.2, -0.15) is 11.8 Å². The van der Waals surface area contributed by atoms with Crippen LogP contribution in [0.3, 0.4) is 0 Å². The summed E-state index contributed by atoms with van der Waals surface area (Å²) in [6.07, 6.45) is 4.13. The molecule has 0 saturated carbocycles. The maximum atomic E-state index is 3.48. The van der Waals surface area contributed by atoms with Crippen molar-refractivity contribution in [1.29, 1.82) is 0 Å². The van der Waals surface area contributed by atoms with Crippen LogP contribution in [0.5, 0.6) is 0 Å². The van der Waals surface area contributed by atoms with Crippen molar-refractivity contribution in [2.24, 2.45) is 5.92 Å². The maximum absolute atomic E-state index is 3.48. The quantitative estimate of drug-likeness (QED) is 0.859. The Kier molecular flexibility index (Phi) is 5.23. The highest BCUT2D eigenvalue weighted by atomic mass is 32.2. The van der Waals surface area contributed by atoms with Gasteiger partial charge in [0.15, 0.2) is 0 Å². The lowest BCUT2D eigenvalue weighted by atomic mass is 10.0. The average molecular weight is 235 g/mol. The van der Waals surface area contributed by atoms with E-state index in [9.17, 15) is 0 Å². The zero-order chi connectivity index (χ0) is 11.1. The Labute approximate surface area is 103 Å². The van der Waals surface area contributed by atoms with Crippen LogP contribution in [0.25, 0.3) is 0 Å². The van der Waals surface area contributed by atoms with Crippen LogP contribution in [0.15, 0.2) is 30.3 Å². The molecule has 1 aromatic rings. The Balaban J connectivity index is 1.67. The molecule has 1 saturated heterocycles. The molecule has 1 aliphatic heterocycles. The molecule has 1 atom stereocenters. The summed E-state index contributed by atoms with van der Waals surface area (Å²) < 4.78 is 0. The molecular weight excluding hydrogens is 214 g/mol. The van der Waals surface area contributed by atoms with Crippen molar-refractivity contribution in [2.45, 2.75) is 25.0 Å². The van der Waals surface area contributed by atoms with Crippen molar-refractivity contribution in [1.82, 2.24) is 5.32 Å². The Bertz CT molecular complexity index is 278. The van der Waals surface area contributed by atoms with Gasteiger partial charge in [0.25, 0.3) is 0 Å². The summed E-state index contributed by atoms with van der Waals surface area (Å²) in [5.41, 5.74) is 1.46. The predicted molar refractivity (Wildman–Crippen MR) is 72.8 cm³/mol. The largest absolute Gasteiger partial charge is 0.317 e. The van der Waals surface area contributed by atoms with Crippen molar-refractivity contribution in [2.75, 3.05) is 18.8 Å². The zero-order valence-corrected chi connectivity index (χ0v) is 10.6. The number of benzene rings is 1. The standard InChI is InChI=1S/C14H21NS/c1-2-5-13(6-3-1)11-16-12-14-7-4-9-15-10-8-14/h1-3,5-6,14-15H,4,7-12H2. The second-order valence-corrected chi connectivity index (χ2v) is 5.58.